The van der Waals surface area contributed by atoms with Crippen molar-refractivity contribution in [3.63, 3.8) is 0 Å². The maximum atomic E-state index is 11.9. The fraction of sp³-hybridized carbons (Fsp3) is 0.529. The van der Waals surface area contributed by atoms with Gasteiger partial charge >= 0.3 is 5.97 Å². The number of rotatable bonds is 4. The SMILES string of the molecule is CC1CCN(c2ccc(NC(=O)C3CC3)c(C(=O)O)c2)CC1. The molecule has 0 bridgehead atoms. The summed E-state index contributed by atoms with van der Waals surface area (Å²) < 4.78 is 0. The van der Waals surface area contributed by atoms with Gasteiger partial charge in [-0.2, -0.15) is 0 Å². The molecule has 2 N–H and O–H groups in total. The van der Waals surface area contributed by atoms with E-state index >= 15 is 0 Å². The molecular weight excluding hydrogens is 280 g/mol. The zero-order valence-corrected chi connectivity index (χ0v) is 12.8. The van der Waals surface area contributed by atoms with Gasteiger partial charge in [0.15, 0.2) is 0 Å². The van der Waals surface area contributed by atoms with Crippen LogP contribution in [-0.4, -0.2) is 30.1 Å². The second-order valence-corrected chi connectivity index (χ2v) is 6.47. The van der Waals surface area contributed by atoms with Gasteiger partial charge in [-0.05, 0) is 49.8 Å². The van der Waals surface area contributed by atoms with Gasteiger partial charge in [0, 0.05) is 24.7 Å². The third kappa shape index (κ3) is 3.24. The van der Waals surface area contributed by atoms with E-state index in [1.54, 1.807) is 12.1 Å². The van der Waals surface area contributed by atoms with Gasteiger partial charge in [-0.1, -0.05) is 6.92 Å². The van der Waals surface area contributed by atoms with Crippen LogP contribution in [0.15, 0.2) is 18.2 Å². The van der Waals surface area contributed by atoms with Gasteiger partial charge in [0.2, 0.25) is 5.91 Å². The molecular formula is C17H22N2O3. The van der Waals surface area contributed by atoms with E-state index < -0.39 is 5.97 Å². The molecule has 3 rings (SSSR count). The minimum Gasteiger partial charge on any atom is -0.478 e. The van der Waals surface area contributed by atoms with Crippen molar-refractivity contribution in [3.05, 3.63) is 23.8 Å². The zero-order valence-electron chi connectivity index (χ0n) is 12.8. The van der Waals surface area contributed by atoms with Gasteiger partial charge in [-0.15, -0.1) is 0 Å². The molecule has 2 fully saturated rings. The lowest BCUT2D eigenvalue weighted by atomic mass is 9.98. The van der Waals surface area contributed by atoms with E-state index in [-0.39, 0.29) is 17.4 Å². The Labute approximate surface area is 130 Å². The molecule has 1 aliphatic heterocycles. The normalized spacial score (nSPS) is 19.0. The van der Waals surface area contributed by atoms with E-state index in [1.807, 2.05) is 6.07 Å². The van der Waals surface area contributed by atoms with Crippen molar-refractivity contribution in [2.45, 2.75) is 32.6 Å². The minimum atomic E-state index is -1.00. The maximum Gasteiger partial charge on any atom is 0.337 e. The van der Waals surface area contributed by atoms with Crippen LogP contribution in [0.25, 0.3) is 0 Å². The van der Waals surface area contributed by atoms with Crippen LogP contribution in [0.1, 0.15) is 43.0 Å². The van der Waals surface area contributed by atoms with Crippen LogP contribution < -0.4 is 10.2 Å². The summed E-state index contributed by atoms with van der Waals surface area (Å²) in [6.45, 7) is 4.15. The summed E-state index contributed by atoms with van der Waals surface area (Å²) >= 11 is 0. The highest BCUT2D eigenvalue weighted by Gasteiger charge is 2.30. The van der Waals surface area contributed by atoms with Gasteiger partial charge in [-0.3, -0.25) is 4.79 Å². The lowest BCUT2D eigenvalue weighted by molar-refractivity contribution is -0.117. The first-order valence-electron chi connectivity index (χ1n) is 7.97. The van der Waals surface area contributed by atoms with Crippen molar-refractivity contribution in [1.82, 2.24) is 0 Å². The molecule has 1 saturated carbocycles. The summed E-state index contributed by atoms with van der Waals surface area (Å²) in [6.07, 6.45) is 4.06. The quantitative estimate of drug-likeness (QED) is 0.897. The molecule has 1 saturated heterocycles. The van der Waals surface area contributed by atoms with Crippen molar-refractivity contribution in [2.75, 3.05) is 23.3 Å². The molecule has 1 aromatic rings. The fourth-order valence-corrected chi connectivity index (χ4v) is 2.86. The first-order valence-corrected chi connectivity index (χ1v) is 7.97. The van der Waals surface area contributed by atoms with Crippen LogP contribution in [0.4, 0.5) is 11.4 Å². The molecule has 118 valence electrons. The predicted octanol–water partition coefficient (Wildman–Crippen LogP) is 2.97. The summed E-state index contributed by atoms with van der Waals surface area (Å²) in [5, 5.41) is 12.2. The van der Waals surface area contributed by atoms with E-state index in [2.05, 4.69) is 17.1 Å². The molecule has 0 radical (unpaired) electrons. The highest BCUT2D eigenvalue weighted by Crippen LogP contribution is 2.32. The number of hydrogen-bond donors (Lipinski definition) is 2. The first kappa shape index (κ1) is 14.9. The van der Waals surface area contributed by atoms with E-state index in [1.165, 1.54) is 0 Å². The van der Waals surface area contributed by atoms with Gasteiger partial charge in [0.1, 0.15) is 0 Å². The molecule has 1 heterocycles. The molecule has 0 unspecified atom stereocenters. The Balaban J connectivity index is 1.80. The number of anilines is 2. The number of carbonyl (C=O) groups excluding carboxylic acids is 1. The minimum absolute atomic E-state index is 0.0601. The fourth-order valence-electron chi connectivity index (χ4n) is 2.86. The Hall–Kier alpha value is -2.04. The highest BCUT2D eigenvalue weighted by atomic mass is 16.4. The first-order chi connectivity index (χ1) is 10.5. The average Bonchev–Trinajstić information content (AvgIpc) is 3.33. The van der Waals surface area contributed by atoms with E-state index in [9.17, 15) is 14.7 Å². The van der Waals surface area contributed by atoms with Crippen molar-refractivity contribution < 1.29 is 14.7 Å². The molecule has 22 heavy (non-hydrogen) atoms. The summed E-state index contributed by atoms with van der Waals surface area (Å²) in [5.74, 6) is -0.280. The number of piperidine rings is 1. The van der Waals surface area contributed by atoms with Crippen molar-refractivity contribution in [2.24, 2.45) is 11.8 Å². The molecule has 5 nitrogen and oxygen atoms in total. The summed E-state index contributed by atoms with van der Waals surface area (Å²) in [7, 11) is 0. The maximum absolute atomic E-state index is 11.9. The molecule has 0 atom stereocenters. The third-order valence-electron chi connectivity index (χ3n) is 4.59. The number of nitrogens with one attached hydrogen (secondary N) is 1. The number of hydrogen-bond acceptors (Lipinski definition) is 3. The van der Waals surface area contributed by atoms with Crippen LogP contribution in [0.5, 0.6) is 0 Å². The molecule has 0 spiro atoms. The summed E-state index contributed by atoms with van der Waals surface area (Å²) in [4.78, 5) is 25.6. The number of benzene rings is 1. The van der Waals surface area contributed by atoms with E-state index in [0.717, 1.165) is 50.4 Å². The number of aromatic carboxylic acids is 1. The van der Waals surface area contributed by atoms with Crippen LogP contribution in [-0.2, 0) is 4.79 Å². The van der Waals surface area contributed by atoms with Gasteiger partial charge < -0.3 is 15.3 Å². The molecule has 5 heteroatoms. The zero-order chi connectivity index (χ0) is 15.7. The Morgan fingerprint density at radius 2 is 1.86 bits per heavy atom. The average molecular weight is 302 g/mol. The Kier molecular flexibility index (Phi) is 4.05. The van der Waals surface area contributed by atoms with Crippen molar-refractivity contribution >= 4 is 23.3 Å². The molecule has 1 amide bonds. The van der Waals surface area contributed by atoms with Crippen LogP contribution >= 0.6 is 0 Å². The topological polar surface area (TPSA) is 69.6 Å². The third-order valence-corrected chi connectivity index (χ3v) is 4.59. The standard InChI is InChI=1S/C17H22N2O3/c1-11-6-8-19(9-7-11)13-4-5-15(14(10-13)17(21)22)18-16(20)12-2-3-12/h4-5,10-12H,2-3,6-9H2,1H3,(H,18,20)(H,21,22). The summed E-state index contributed by atoms with van der Waals surface area (Å²) in [6, 6.07) is 5.31. The highest BCUT2D eigenvalue weighted by molar-refractivity contribution is 6.02. The molecule has 1 aromatic carbocycles. The van der Waals surface area contributed by atoms with Gasteiger partial charge in [0.25, 0.3) is 0 Å². The van der Waals surface area contributed by atoms with Crippen LogP contribution in [0.3, 0.4) is 0 Å². The van der Waals surface area contributed by atoms with E-state index in [4.69, 9.17) is 0 Å². The second kappa shape index (κ2) is 5.99. The Morgan fingerprint density at radius 3 is 2.45 bits per heavy atom. The van der Waals surface area contributed by atoms with Gasteiger partial charge in [-0.25, -0.2) is 4.79 Å². The van der Waals surface area contributed by atoms with Crippen molar-refractivity contribution in [1.29, 1.82) is 0 Å². The number of carbonyl (C=O) groups is 2. The van der Waals surface area contributed by atoms with Crippen LogP contribution in [0.2, 0.25) is 0 Å². The smallest absolute Gasteiger partial charge is 0.337 e. The predicted molar refractivity (Wildman–Crippen MR) is 85.4 cm³/mol. The lowest BCUT2D eigenvalue weighted by Crippen LogP contribution is -2.32. The summed E-state index contributed by atoms with van der Waals surface area (Å²) in [5.41, 5.74) is 1.50. The molecule has 2 aliphatic rings. The number of amides is 1. The lowest BCUT2D eigenvalue weighted by Gasteiger charge is -2.32. The Bertz CT molecular complexity index is 588. The second-order valence-electron chi connectivity index (χ2n) is 6.47. The monoisotopic (exact) mass is 302 g/mol. The molecule has 1 aliphatic carbocycles. The number of carboxylic acid groups (broad SMARTS) is 1. The number of carboxylic acids is 1. The van der Waals surface area contributed by atoms with Gasteiger partial charge in [0.05, 0.1) is 11.3 Å². The largest absolute Gasteiger partial charge is 0.478 e. The van der Waals surface area contributed by atoms with Crippen molar-refractivity contribution in [3.8, 4) is 0 Å². The van der Waals surface area contributed by atoms with Crippen LogP contribution in [0, 0.1) is 11.8 Å². The van der Waals surface area contributed by atoms with E-state index in [0.29, 0.717) is 5.69 Å². The molecule has 0 aromatic heterocycles. The number of nitrogens with zero attached hydrogens (tertiary/aromatic N) is 1. The Morgan fingerprint density at radius 1 is 1.18 bits per heavy atom.